The largest absolute Gasteiger partial charge is 0.497 e. The number of hydrogen-bond donors (Lipinski definition) is 0. The van der Waals surface area contributed by atoms with Crippen LogP contribution in [0.2, 0.25) is 0 Å². The lowest BCUT2D eigenvalue weighted by Gasteiger charge is -2.49. The van der Waals surface area contributed by atoms with E-state index in [9.17, 15) is 9.59 Å². The lowest BCUT2D eigenvalue weighted by atomic mass is 9.95. The van der Waals surface area contributed by atoms with E-state index in [1.807, 2.05) is 84.9 Å². The summed E-state index contributed by atoms with van der Waals surface area (Å²) in [5.41, 5.74) is 3.70. The number of rotatable bonds is 17. The van der Waals surface area contributed by atoms with E-state index in [1.165, 1.54) is 6.07 Å². The van der Waals surface area contributed by atoms with Crippen LogP contribution < -0.4 is 29.4 Å². The molecular weight excluding hydrogens is 670 g/mol. The van der Waals surface area contributed by atoms with Gasteiger partial charge < -0.3 is 28.6 Å². The molecule has 0 spiro atoms. The third kappa shape index (κ3) is 8.50. The average Bonchev–Trinajstić information content (AvgIpc) is 3.20. The van der Waals surface area contributed by atoms with Crippen LogP contribution in [0.25, 0.3) is 0 Å². The summed E-state index contributed by atoms with van der Waals surface area (Å²) < 4.78 is 31.3. The summed E-state index contributed by atoms with van der Waals surface area (Å²) in [4.78, 5) is 29.4. The van der Waals surface area contributed by atoms with Crippen LogP contribution in [0.4, 0.5) is 0 Å². The molecule has 0 radical (unpaired) electrons. The van der Waals surface area contributed by atoms with Crippen LogP contribution in [0.15, 0.2) is 120 Å². The Hall–Kier alpha value is -5.74. The zero-order valence-electron chi connectivity index (χ0n) is 30.8. The van der Waals surface area contributed by atoms with Crippen molar-refractivity contribution in [3.63, 3.8) is 0 Å². The smallest absolute Gasteiger partial charge is 0.277 e. The molecule has 0 bridgehead atoms. The highest BCUT2D eigenvalue weighted by Gasteiger charge is 2.42. The van der Waals surface area contributed by atoms with Crippen LogP contribution in [0.1, 0.15) is 65.0 Å². The van der Waals surface area contributed by atoms with Crippen LogP contribution in [-0.4, -0.2) is 56.1 Å². The van der Waals surface area contributed by atoms with Crippen molar-refractivity contribution in [2.24, 2.45) is 0 Å². The Morgan fingerprint density at radius 2 is 1.36 bits per heavy atom. The van der Waals surface area contributed by atoms with Crippen LogP contribution in [0.3, 0.4) is 0 Å². The molecule has 276 valence electrons. The van der Waals surface area contributed by atoms with Crippen LogP contribution >= 0.6 is 0 Å². The molecule has 10 nitrogen and oxygen atoms in total. The zero-order valence-corrected chi connectivity index (χ0v) is 30.8. The number of fused-ring (bicyclic) bond motifs is 1. The van der Waals surface area contributed by atoms with Crippen molar-refractivity contribution in [2.45, 2.75) is 51.6 Å². The van der Waals surface area contributed by atoms with Gasteiger partial charge in [-0.05, 0) is 53.4 Å². The summed E-state index contributed by atoms with van der Waals surface area (Å²) in [6.45, 7) is 3.47. The SMILES string of the molecule is CCCCOc1c2n(ccc1=O)N(C(c1ccccc1)c1ccccc1OCc1ccc(OC)cc1)C(CCOCc1ccc(OC)cc1)N(C)C2=O. The number of benzene rings is 4. The van der Waals surface area contributed by atoms with Crippen LogP contribution in [0, 0.1) is 0 Å². The molecule has 6 rings (SSSR count). The van der Waals surface area contributed by atoms with E-state index in [-0.39, 0.29) is 22.8 Å². The second kappa shape index (κ2) is 17.7. The van der Waals surface area contributed by atoms with E-state index in [0.29, 0.717) is 38.6 Å². The molecule has 1 aliphatic rings. The molecule has 1 aromatic heterocycles. The minimum absolute atomic E-state index is 0.0489. The quantitative estimate of drug-likeness (QED) is 0.0922. The number of pyridine rings is 1. The first kappa shape index (κ1) is 37.0. The van der Waals surface area contributed by atoms with E-state index in [1.54, 1.807) is 37.0 Å². The Bertz CT molecular complexity index is 2000. The molecule has 0 fully saturated rings. The minimum atomic E-state index is -0.489. The van der Waals surface area contributed by atoms with Gasteiger partial charge in [-0.25, -0.2) is 0 Å². The topological polar surface area (TPSA) is 91.7 Å². The predicted molar refractivity (Wildman–Crippen MR) is 205 cm³/mol. The molecule has 53 heavy (non-hydrogen) atoms. The number of nitrogens with zero attached hydrogens (tertiary/aromatic N) is 3. The minimum Gasteiger partial charge on any atom is -0.497 e. The molecule has 1 amide bonds. The maximum atomic E-state index is 14.3. The van der Waals surface area contributed by atoms with Gasteiger partial charge in [-0.15, -0.1) is 0 Å². The molecule has 1 aliphatic heterocycles. The van der Waals surface area contributed by atoms with Gasteiger partial charge in [0, 0.05) is 31.3 Å². The van der Waals surface area contributed by atoms with Gasteiger partial charge in [0.05, 0.1) is 34.0 Å². The van der Waals surface area contributed by atoms with E-state index >= 15 is 0 Å². The molecule has 10 heteroatoms. The first-order chi connectivity index (χ1) is 25.9. The number of unbranched alkanes of at least 4 members (excludes halogenated alkanes) is 1. The van der Waals surface area contributed by atoms with Gasteiger partial charge in [-0.1, -0.05) is 86.1 Å². The van der Waals surface area contributed by atoms with Crippen molar-refractivity contribution >= 4 is 5.91 Å². The number of methoxy groups -OCH3 is 2. The summed E-state index contributed by atoms with van der Waals surface area (Å²) in [6, 6.07) is 34.6. The Balaban J connectivity index is 1.42. The van der Waals surface area contributed by atoms with E-state index in [0.717, 1.165) is 46.6 Å². The lowest BCUT2D eigenvalue weighted by Crippen LogP contribution is -2.61. The lowest BCUT2D eigenvalue weighted by molar-refractivity contribution is 0.0497. The maximum Gasteiger partial charge on any atom is 0.277 e. The molecule has 2 heterocycles. The highest BCUT2D eigenvalue weighted by atomic mass is 16.5. The Kier molecular flexibility index (Phi) is 12.3. The molecule has 0 saturated carbocycles. The Morgan fingerprint density at radius 1 is 0.717 bits per heavy atom. The second-order valence-electron chi connectivity index (χ2n) is 12.9. The number of ether oxygens (including phenoxy) is 5. The van der Waals surface area contributed by atoms with E-state index in [4.69, 9.17) is 23.7 Å². The van der Waals surface area contributed by atoms with Crippen molar-refractivity contribution < 1.29 is 28.5 Å². The first-order valence-corrected chi connectivity index (χ1v) is 18.0. The number of carbonyl (C=O) groups excluding carboxylic acids is 1. The fourth-order valence-corrected chi connectivity index (χ4v) is 6.53. The number of amides is 1. The fourth-order valence-electron chi connectivity index (χ4n) is 6.53. The fraction of sp³-hybridized carbons (Fsp3) is 0.302. The Morgan fingerprint density at radius 3 is 2.02 bits per heavy atom. The van der Waals surface area contributed by atoms with E-state index in [2.05, 4.69) is 30.1 Å². The Labute approximate surface area is 311 Å². The molecule has 0 aliphatic carbocycles. The standard InChI is InChI=1S/C43H47N3O7/c1-5-6-27-52-42-37(47)24-26-45-41(42)43(48)44(2)39(25-28-51-29-31-16-20-34(49-3)21-17-31)46(45)40(33-12-8-7-9-13-33)36-14-10-11-15-38(36)53-30-32-18-22-35(50-4)23-19-32/h7-24,26,39-40H,5-6,25,27-30H2,1-4H3. The predicted octanol–water partition coefficient (Wildman–Crippen LogP) is 7.37. The molecular formula is C43H47N3O7. The van der Waals surface area contributed by atoms with Gasteiger partial charge in [0.2, 0.25) is 5.43 Å². The second-order valence-corrected chi connectivity index (χ2v) is 12.9. The van der Waals surface area contributed by atoms with Gasteiger partial charge in [-0.2, -0.15) is 0 Å². The third-order valence-electron chi connectivity index (χ3n) is 9.40. The van der Waals surface area contributed by atoms with Gasteiger partial charge in [0.1, 0.15) is 36.1 Å². The molecule has 0 N–H and O–H groups in total. The van der Waals surface area contributed by atoms with Gasteiger partial charge in [-0.3, -0.25) is 19.3 Å². The van der Waals surface area contributed by atoms with Gasteiger partial charge in [0.15, 0.2) is 11.4 Å². The van der Waals surface area contributed by atoms with Crippen molar-refractivity contribution in [2.75, 3.05) is 39.5 Å². The molecule has 4 aromatic carbocycles. The van der Waals surface area contributed by atoms with Crippen molar-refractivity contribution in [3.05, 3.63) is 154 Å². The molecule has 0 saturated heterocycles. The number of para-hydroxylation sites is 1. The van der Waals surface area contributed by atoms with Crippen molar-refractivity contribution in [1.82, 2.24) is 9.58 Å². The summed E-state index contributed by atoms with van der Waals surface area (Å²) in [5.74, 6) is 1.99. The molecule has 2 unspecified atom stereocenters. The highest BCUT2D eigenvalue weighted by molar-refractivity contribution is 5.96. The summed E-state index contributed by atoms with van der Waals surface area (Å²) >= 11 is 0. The number of hydrogen-bond acceptors (Lipinski definition) is 8. The van der Waals surface area contributed by atoms with Gasteiger partial charge >= 0.3 is 0 Å². The molecule has 2 atom stereocenters. The monoisotopic (exact) mass is 717 g/mol. The summed E-state index contributed by atoms with van der Waals surface area (Å²) in [7, 11) is 5.06. The van der Waals surface area contributed by atoms with Crippen molar-refractivity contribution in [3.8, 4) is 23.0 Å². The average molecular weight is 718 g/mol. The third-order valence-corrected chi connectivity index (χ3v) is 9.40. The number of aromatic nitrogens is 1. The normalized spacial score (nSPS) is 14.4. The summed E-state index contributed by atoms with van der Waals surface area (Å²) in [5, 5.41) is 2.14. The summed E-state index contributed by atoms with van der Waals surface area (Å²) in [6.07, 6.45) is 3.29. The van der Waals surface area contributed by atoms with Crippen molar-refractivity contribution in [1.29, 1.82) is 0 Å². The zero-order chi connectivity index (χ0) is 37.2. The molecule has 5 aromatic rings. The van der Waals surface area contributed by atoms with E-state index < -0.39 is 12.2 Å². The highest BCUT2D eigenvalue weighted by Crippen LogP contribution is 2.39. The van der Waals surface area contributed by atoms with Crippen LogP contribution in [0.5, 0.6) is 23.0 Å². The van der Waals surface area contributed by atoms with Crippen LogP contribution in [-0.2, 0) is 18.0 Å². The van der Waals surface area contributed by atoms with Gasteiger partial charge in [0.25, 0.3) is 5.91 Å². The maximum absolute atomic E-state index is 14.3. The first-order valence-electron chi connectivity index (χ1n) is 18.0. The number of carbonyl (C=O) groups is 1.